The van der Waals surface area contributed by atoms with Gasteiger partial charge in [-0.15, -0.1) is 0 Å². The Balaban J connectivity index is 2.30. The van der Waals surface area contributed by atoms with Crippen LogP contribution in [0.5, 0.6) is 0 Å². The first-order valence-corrected chi connectivity index (χ1v) is 7.16. The van der Waals surface area contributed by atoms with Crippen LogP contribution in [0.2, 0.25) is 0 Å². The lowest BCUT2D eigenvalue weighted by atomic mass is 10.0. The number of carbonyl (C=O) groups excluding carboxylic acids is 1. The number of morpholine rings is 1. The third-order valence-electron chi connectivity index (χ3n) is 3.44. The Kier molecular flexibility index (Phi) is 4.66. The molecule has 0 aliphatic carbocycles. The zero-order chi connectivity index (χ0) is 15.5. The summed E-state index contributed by atoms with van der Waals surface area (Å²) < 4.78 is 5.66. The molecule has 0 aromatic heterocycles. The van der Waals surface area contributed by atoms with Crippen molar-refractivity contribution in [2.24, 2.45) is 5.73 Å². The van der Waals surface area contributed by atoms with E-state index < -0.39 is 0 Å². The van der Waals surface area contributed by atoms with Crippen LogP contribution >= 0.6 is 0 Å². The molecule has 4 heteroatoms. The minimum absolute atomic E-state index is 0.00713. The van der Waals surface area contributed by atoms with E-state index in [1.807, 2.05) is 43.9 Å². The van der Waals surface area contributed by atoms with E-state index in [9.17, 15) is 4.79 Å². The van der Waals surface area contributed by atoms with Crippen molar-refractivity contribution in [1.82, 2.24) is 4.90 Å². The molecule has 0 radical (unpaired) electrons. The zero-order valence-electron chi connectivity index (χ0n) is 12.9. The number of benzene rings is 1. The summed E-state index contributed by atoms with van der Waals surface area (Å²) >= 11 is 0. The molecule has 1 heterocycles. The van der Waals surface area contributed by atoms with Crippen LogP contribution in [0.25, 0.3) is 0 Å². The molecule has 2 N–H and O–H groups in total. The highest BCUT2D eigenvalue weighted by atomic mass is 16.5. The second-order valence-electron chi connectivity index (χ2n) is 5.89. The second-order valence-corrected chi connectivity index (χ2v) is 5.89. The molecular formula is C17H22N2O2. The maximum atomic E-state index is 12.8. The minimum Gasteiger partial charge on any atom is -0.372 e. The molecule has 1 amide bonds. The van der Waals surface area contributed by atoms with Gasteiger partial charge in [-0.25, -0.2) is 0 Å². The molecule has 1 saturated heterocycles. The van der Waals surface area contributed by atoms with Gasteiger partial charge in [-0.3, -0.25) is 4.79 Å². The van der Waals surface area contributed by atoms with Gasteiger partial charge in [-0.2, -0.15) is 0 Å². The summed E-state index contributed by atoms with van der Waals surface area (Å²) in [6.45, 7) is 8.02. The fourth-order valence-electron chi connectivity index (χ4n) is 2.45. The van der Waals surface area contributed by atoms with Gasteiger partial charge in [0.15, 0.2) is 0 Å². The smallest absolute Gasteiger partial charge is 0.255 e. The number of aryl methyl sites for hydroxylation is 1. The summed E-state index contributed by atoms with van der Waals surface area (Å²) in [7, 11) is 0. The number of amides is 1. The lowest BCUT2D eigenvalue weighted by molar-refractivity contribution is -0.0764. The van der Waals surface area contributed by atoms with Gasteiger partial charge in [0, 0.05) is 18.7 Å². The van der Waals surface area contributed by atoms with Crippen LogP contribution < -0.4 is 5.73 Å². The molecule has 0 atom stereocenters. The fourth-order valence-corrected chi connectivity index (χ4v) is 2.45. The van der Waals surface area contributed by atoms with Crippen molar-refractivity contribution in [1.29, 1.82) is 0 Å². The van der Waals surface area contributed by atoms with Crippen LogP contribution in [-0.4, -0.2) is 42.6 Å². The monoisotopic (exact) mass is 286 g/mol. The number of carbonyl (C=O) groups is 1. The molecule has 1 aliphatic rings. The predicted octanol–water partition coefficient (Wildman–Crippen LogP) is 1.56. The van der Waals surface area contributed by atoms with E-state index in [0.29, 0.717) is 25.3 Å². The highest BCUT2D eigenvalue weighted by Crippen LogP contribution is 2.20. The Morgan fingerprint density at radius 3 is 2.90 bits per heavy atom. The summed E-state index contributed by atoms with van der Waals surface area (Å²) in [5, 5.41) is 0. The summed E-state index contributed by atoms with van der Waals surface area (Å²) in [5.41, 5.74) is 7.59. The standard InChI is InChI=1S/C17H22N2O2/c1-13-6-7-15(14(11-13)5-4-8-18)16(20)19-9-10-21-17(2,3)12-19/h6-7,11H,8-10,12,18H2,1-3H3. The highest BCUT2D eigenvalue weighted by Gasteiger charge is 2.31. The Morgan fingerprint density at radius 2 is 2.24 bits per heavy atom. The number of nitrogens with zero attached hydrogens (tertiary/aromatic N) is 1. The third-order valence-corrected chi connectivity index (χ3v) is 3.44. The van der Waals surface area contributed by atoms with Crippen LogP contribution in [0.4, 0.5) is 0 Å². The summed E-state index contributed by atoms with van der Waals surface area (Å²) in [6.07, 6.45) is 0. The SMILES string of the molecule is Cc1ccc(C(=O)N2CCOC(C)(C)C2)c(C#CCN)c1. The molecule has 21 heavy (non-hydrogen) atoms. The first-order chi connectivity index (χ1) is 9.93. The van der Waals surface area contributed by atoms with Crippen molar-refractivity contribution >= 4 is 5.91 Å². The average Bonchev–Trinajstić information content (AvgIpc) is 2.43. The fraction of sp³-hybridized carbons (Fsp3) is 0.471. The number of ether oxygens (including phenoxy) is 1. The maximum absolute atomic E-state index is 12.8. The first kappa shape index (κ1) is 15.6. The largest absolute Gasteiger partial charge is 0.372 e. The molecular weight excluding hydrogens is 264 g/mol. The minimum atomic E-state index is -0.304. The molecule has 1 aromatic carbocycles. The molecule has 0 saturated carbocycles. The predicted molar refractivity (Wildman–Crippen MR) is 83.0 cm³/mol. The quantitative estimate of drug-likeness (QED) is 0.797. The number of rotatable bonds is 1. The zero-order valence-corrected chi connectivity index (χ0v) is 12.9. The summed E-state index contributed by atoms with van der Waals surface area (Å²) in [5.74, 6) is 5.84. The van der Waals surface area contributed by atoms with Gasteiger partial charge in [0.1, 0.15) is 0 Å². The normalized spacial score (nSPS) is 17.0. The van der Waals surface area contributed by atoms with Crippen LogP contribution in [0.1, 0.15) is 35.3 Å². The summed E-state index contributed by atoms with van der Waals surface area (Å²) in [4.78, 5) is 14.6. The first-order valence-electron chi connectivity index (χ1n) is 7.16. The molecule has 4 nitrogen and oxygen atoms in total. The van der Waals surface area contributed by atoms with E-state index in [4.69, 9.17) is 10.5 Å². The average molecular weight is 286 g/mol. The maximum Gasteiger partial charge on any atom is 0.255 e. The second kappa shape index (κ2) is 6.30. The van der Waals surface area contributed by atoms with Crippen molar-refractivity contribution in [3.8, 4) is 11.8 Å². The molecule has 1 fully saturated rings. The number of hydrogen-bond acceptors (Lipinski definition) is 3. The number of hydrogen-bond donors (Lipinski definition) is 1. The van der Waals surface area contributed by atoms with Crippen LogP contribution in [-0.2, 0) is 4.74 Å². The van der Waals surface area contributed by atoms with E-state index in [1.54, 1.807) is 0 Å². The van der Waals surface area contributed by atoms with Crippen molar-refractivity contribution in [2.45, 2.75) is 26.4 Å². The molecule has 0 unspecified atom stereocenters. The van der Waals surface area contributed by atoms with Crippen LogP contribution in [0.15, 0.2) is 18.2 Å². The van der Waals surface area contributed by atoms with Crippen molar-refractivity contribution in [3.63, 3.8) is 0 Å². The molecule has 0 spiro atoms. The van der Waals surface area contributed by atoms with Gasteiger partial charge in [0.05, 0.1) is 24.3 Å². The third kappa shape index (κ3) is 3.84. The number of nitrogens with two attached hydrogens (primary N) is 1. The highest BCUT2D eigenvalue weighted by molar-refractivity contribution is 5.97. The van der Waals surface area contributed by atoms with E-state index in [0.717, 1.165) is 11.1 Å². The lowest BCUT2D eigenvalue weighted by Gasteiger charge is -2.38. The Labute approximate surface area is 126 Å². The van der Waals surface area contributed by atoms with Crippen molar-refractivity contribution < 1.29 is 9.53 Å². The molecule has 1 aliphatic heterocycles. The Morgan fingerprint density at radius 1 is 1.48 bits per heavy atom. The Hall–Kier alpha value is -1.83. The van der Waals surface area contributed by atoms with Gasteiger partial charge in [-0.1, -0.05) is 17.9 Å². The van der Waals surface area contributed by atoms with Crippen molar-refractivity contribution in [3.05, 3.63) is 34.9 Å². The molecule has 0 bridgehead atoms. The van der Waals surface area contributed by atoms with E-state index in [2.05, 4.69) is 11.8 Å². The van der Waals surface area contributed by atoms with Gasteiger partial charge in [0.2, 0.25) is 0 Å². The summed E-state index contributed by atoms with van der Waals surface area (Å²) in [6, 6.07) is 5.72. The lowest BCUT2D eigenvalue weighted by Crippen LogP contribution is -2.50. The van der Waals surface area contributed by atoms with Gasteiger partial charge >= 0.3 is 0 Å². The van der Waals surface area contributed by atoms with E-state index >= 15 is 0 Å². The topological polar surface area (TPSA) is 55.6 Å². The van der Waals surface area contributed by atoms with Gasteiger partial charge < -0.3 is 15.4 Å². The van der Waals surface area contributed by atoms with Gasteiger partial charge in [-0.05, 0) is 38.5 Å². The Bertz CT molecular complexity index is 597. The van der Waals surface area contributed by atoms with E-state index in [1.165, 1.54) is 0 Å². The molecule has 2 rings (SSSR count). The van der Waals surface area contributed by atoms with Crippen LogP contribution in [0, 0.1) is 18.8 Å². The van der Waals surface area contributed by atoms with Crippen LogP contribution in [0.3, 0.4) is 0 Å². The van der Waals surface area contributed by atoms with Gasteiger partial charge in [0.25, 0.3) is 5.91 Å². The van der Waals surface area contributed by atoms with E-state index in [-0.39, 0.29) is 18.1 Å². The molecule has 1 aromatic rings. The molecule has 112 valence electrons. The van der Waals surface area contributed by atoms with Crippen molar-refractivity contribution in [2.75, 3.05) is 26.2 Å².